The molecule has 0 aliphatic heterocycles. The maximum absolute atomic E-state index is 11.9. The number of nitrogens with zero attached hydrogens (tertiary/aromatic N) is 4. The number of anilines is 2. The minimum Gasteiger partial charge on any atom is -0.450 e. The summed E-state index contributed by atoms with van der Waals surface area (Å²) in [7, 11) is 0. The molecule has 0 aromatic carbocycles. The van der Waals surface area contributed by atoms with E-state index in [1.54, 1.807) is 6.92 Å². The molecule has 2 heterocycles. The first-order valence-electron chi connectivity index (χ1n) is 6.55. The maximum Gasteiger partial charge on any atom is 0.412 e. The predicted octanol–water partition coefficient (Wildman–Crippen LogP) is 1.56. The molecule has 0 spiro atoms. The van der Waals surface area contributed by atoms with Crippen LogP contribution >= 0.6 is 11.3 Å². The normalized spacial score (nSPS) is 10.3. The van der Waals surface area contributed by atoms with Gasteiger partial charge in [0.2, 0.25) is 5.91 Å². The number of aromatic nitrogens is 4. The molecule has 0 atom stereocenters. The molecular formula is C12H16N6O3S. The van der Waals surface area contributed by atoms with E-state index in [2.05, 4.69) is 25.9 Å². The molecule has 0 bridgehead atoms. The van der Waals surface area contributed by atoms with Crippen molar-refractivity contribution in [2.75, 3.05) is 17.2 Å². The monoisotopic (exact) mass is 324 g/mol. The largest absolute Gasteiger partial charge is 0.450 e. The smallest absolute Gasteiger partial charge is 0.412 e. The Morgan fingerprint density at radius 1 is 1.36 bits per heavy atom. The first kappa shape index (κ1) is 15.9. The minimum absolute atomic E-state index is 0.0326. The van der Waals surface area contributed by atoms with Crippen molar-refractivity contribution < 1.29 is 14.3 Å². The molecule has 2 rings (SSSR count). The summed E-state index contributed by atoms with van der Waals surface area (Å²) in [5, 5.41) is 13.1. The molecule has 2 aromatic heterocycles. The van der Waals surface area contributed by atoms with Gasteiger partial charge in [0.1, 0.15) is 6.54 Å². The third kappa shape index (κ3) is 4.25. The van der Waals surface area contributed by atoms with Gasteiger partial charge in [-0.1, -0.05) is 5.21 Å². The summed E-state index contributed by atoms with van der Waals surface area (Å²) in [5.74, 6) is -0.0616. The number of carbonyl (C=O) groups excluding carboxylic acids is 2. The summed E-state index contributed by atoms with van der Waals surface area (Å²) in [6, 6.07) is 0. The van der Waals surface area contributed by atoms with Crippen molar-refractivity contribution in [3.63, 3.8) is 0 Å². The van der Waals surface area contributed by atoms with E-state index in [4.69, 9.17) is 4.74 Å². The molecule has 2 aromatic rings. The summed E-state index contributed by atoms with van der Waals surface area (Å²) in [6.07, 6.45) is 0.822. The Bertz CT molecular complexity index is 661. The SMILES string of the molecule is CCOC(=O)Nc1cn(CC(=O)Nc2nc(C)c(C)s2)nn1. The van der Waals surface area contributed by atoms with Gasteiger partial charge in [0.05, 0.1) is 18.5 Å². The molecule has 0 saturated carbocycles. The van der Waals surface area contributed by atoms with Gasteiger partial charge in [-0.05, 0) is 20.8 Å². The number of aryl methyl sites for hydroxylation is 2. The Balaban J connectivity index is 1.89. The van der Waals surface area contributed by atoms with E-state index < -0.39 is 6.09 Å². The summed E-state index contributed by atoms with van der Waals surface area (Å²) in [5.41, 5.74) is 0.891. The van der Waals surface area contributed by atoms with E-state index in [1.165, 1.54) is 22.2 Å². The Kier molecular flexibility index (Phi) is 5.04. The van der Waals surface area contributed by atoms with Crippen LogP contribution in [0.2, 0.25) is 0 Å². The zero-order chi connectivity index (χ0) is 16.1. The van der Waals surface area contributed by atoms with Crippen molar-refractivity contribution in [2.45, 2.75) is 27.3 Å². The van der Waals surface area contributed by atoms with E-state index in [0.717, 1.165) is 10.6 Å². The molecule has 0 unspecified atom stereocenters. The maximum atomic E-state index is 11.9. The topological polar surface area (TPSA) is 111 Å². The molecule has 9 nitrogen and oxygen atoms in total. The summed E-state index contributed by atoms with van der Waals surface area (Å²) >= 11 is 1.41. The van der Waals surface area contributed by atoms with Crippen molar-refractivity contribution in [1.82, 2.24) is 20.0 Å². The van der Waals surface area contributed by atoms with Gasteiger partial charge in [-0.2, -0.15) is 0 Å². The van der Waals surface area contributed by atoms with Gasteiger partial charge in [0.25, 0.3) is 0 Å². The lowest BCUT2D eigenvalue weighted by atomic mass is 10.4. The molecule has 22 heavy (non-hydrogen) atoms. The highest BCUT2D eigenvalue weighted by atomic mass is 32.1. The van der Waals surface area contributed by atoms with Gasteiger partial charge >= 0.3 is 6.09 Å². The van der Waals surface area contributed by atoms with Gasteiger partial charge in [0.15, 0.2) is 10.9 Å². The zero-order valence-electron chi connectivity index (χ0n) is 12.4. The van der Waals surface area contributed by atoms with Gasteiger partial charge in [0, 0.05) is 4.88 Å². The summed E-state index contributed by atoms with van der Waals surface area (Å²) in [4.78, 5) is 28.4. The first-order chi connectivity index (χ1) is 10.5. The van der Waals surface area contributed by atoms with Gasteiger partial charge in [-0.3, -0.25) is 10.1 Å². The second kappa shape index (κ2) is 6.98. The van der Waals surface area contributed by atoms with Crippen molar-refractivity contribution in [3.8, 4) is 0 Å². The number of amides is 2. The number of hydrogen-bond acceptors (Lipinski definition) is 7. The van der Waals surface area contributed by atoms with Gasteiger partial charge in [-0.15, -0.1) is 16.4 Å². The van der Waals surface area contributed by atoms with Crippen molar-refractivity contribution >= 4 is 34.3 Å². The number of thiazole rings is 1. The third-order valence-electron chi connectivity index (χ3n) is 2.62. The zero-order valence-corrected chi connectivity index (χ0v) is 13.2. The highest BCUT2D eigenvalue weighted by Gasteiger charge is 2.11. The van der Waals surface area contributed by atoms with Crippen molar-refractivity contribution in [3.05, 3.63) is 16.8 Å². The van der Waals surface area contributed by atoms with E-state index >= 15 is 0 Å². The predicted molar refractivity (Wildman–Crippen MR) is 80.9 cm³/mol. The Hall–Kier alpha value is -2.49. The number of hydrogen-bond donors (Lipinski definition) is 2. The van der Waals surface area contributed by atoms with Crippen molar-refractivity contribution in [1.29, 1.82) is 0 Å². The second-order valence-corrected chi connectivity index (χ2v) is 5.56. The van der Waals surface area contributed by atoms with E-state index in [9.17, 15) is 9.59 Å². The fourth-order valence-electron chi connectivity index (χ4n) is 1.54. The molecule has 2 N–H and O–H groups in total. The first-order valence-corrected chi connectivity index (χ1v) is 7.37. The molecule has 0 aliphatic rings. The number of carbonyl (C=O) groups is 2. The summed E-state index contributed by atoms with van der Waals surface area (Å²) < 4.78 is 6.03. The van der Waals surface area contributed by atoms with Gasteiger partial charge < -0.3 is 10.1 Å². The second-order valence-electron chi connectivity index (χ2n) is 4.36. The molecule has 10 heteroatoms. The van der Waals surface area contributed by atoms with E-state index in [0.29, 0.717) is 5.13 Å². The molecule has 0 aliphatic carbocycles. The minimum atomic E-state index is -0.618. The lowest BCUT2D eigenvalue weighted by molar-refractivity contribution is -0.116. The molecule has 0 saturated heterocycles. The third-order valence-corrected chi connectivity index (χ3v) is 3.61. The molecule has 0 radical (unpaired) electrons. The Labute approximate surface area is 130 Å². The highest BCUT2D eigenvalue weighted by Crippen LogP contribution is 2.20. The van der Waals surface area contributed by atoms with E-state index in [1.807, 2.05) is 13.8 Å². The summed E-state index contributed by atoms with van der Waals surface area (Å²) in [6.45, 7) is 5.74. The average Bonchev–Trinajstić information content (AvgIpc) is 2.97. The van der Waals surface area contributed by atoms with Crippen LogP contribution in [0.25, 0.3) is 0 Å². The van der Waals surface area contributed by atoms with Crippen LogP contribution in [0.5, 0.6) is 0 Å². The highest BCUT2D eigenvalue weighted by molar-refractivity contribution is 7.15. The van der Waals surface area contributed by atoms with Crippen LogP contribution in [0.1, 0.15) is 17.5 Å². The average molecular weight is 324 g/mol. The molecule has 0 fully saturated rings. The number of nitrogens with one attached hydrogen (secondary N) is 2. The molecule has 118 valence electrons. The van der Waals surface area contributed by atoms with Crippen LogP contribution in [0.15, 0.2) is 6.20 Å². The Morgan fingerprint density at radius 3 is 2.77 bits per heavy atom. The standard InChI is InChI=1S/C12H16N6O3S/c1-4-21-12(20)14-9-5-18(17-16-9)6-10(19)15-11-13-7(2)8(3)22-11/h5H,4,6H2,1-3H3,(H,14,20)(H,13,15,19). The number of ether oxygens (including phenoxy) is 1. The Morgan fingerprint density at radius 2 is 2.14 bits per heavy atom. The van der Waals surface area contributed by atoms with Crippen LogP contribution in [0.3, 0.4) is 0 Å². The van der Waals surface area contributed by atoms with Crippen molar-refractivity contribution in [2.24, 2.45) is 0 Å². The van der Waals surface area contributed by atoms with Gasteiger partial charge in [-0.25, -0.2) is 14.5 Å². The van der Waals surface area contributed by atoms with Crippen LogP contribution in [0.4, 0.5) is 15.7 Å². The van der Waals surface area contributed by atoms with Crippen LogP contribution in [-0.2, 0) is 16.1 Å². The molecule has 2 amide bonds. The fourth-order valence-corrected chi connectivity index (χ4v) is 2.37. The fraction of sp³-hybridized carbons (Fsp3) is 0.417. The van der Waals surface area contributed by atoms with Crippen LogP contribution < -0.4 is 10.6 Å². The quantitative estimate of drug-likeness (QED) is 0.863. The van der Waals surface area contributed by atoms with Crippen LogP contribution in [-0.4, -0.2) is 38.6 Å². The number of rotatable bonds is 5. The lowest BCUT2D eigenvalue weighted by Crippen LogP contribution is -2.19. The lowest BCUT2D eigenvalue weighted by Gasteiger charge is -2.01. The molecular weight excluding hydrogens is 308 g/mol. The van der Waals surface area contributed by atoms with Crippen LogP contribution in [0, 0.1) is 13.8 Å². The van der Waals surface area contributed by atoms with E-state index in [-0.39, 0.29) is 24.9 Å².